The highest BCUT2D eigenvalue weighted by molar-refractivity contribution is 6.01. The molecule has 0 N–H and O–H groups in total. The summed E-state index contributed by atoms with van der Waals surface area (Å²) in [6, 6.07) is 8.32. The van der Waals surface area contributed by atoms with Crippen molar-refractivity contribution >= 4 is 22.7 Å². The highest BCUT2D eigenvalue weighted by Gasteiger charge is 2.45. The van der Waals surface area contributed by atoms with Crippen molar-refractivity contribution in [1.82, 2.24) is 0 Å². The number of benzene rings is 2. The van der Waals surface area contributed by atoms with Gasteiger partial charge in [0.1, 0.15) is 28.4 Å². The van der Waals surface area contributed by atoms with Gasteiger partial charge in [-0.3, -0.25) is 14.4 Å². The Balaban J connectivity index is 1.54. The number of ether oxygens (including phenoxy) is 3. The Kier molecular flexibility index (Phi) is 4.76. The molecule has 0 radical (unpaired) electrons. The van der Waals surface area contributed by atoms with Crippen LogP contribution in [0.25, 0.3) is 11.0 Å². The van der Waals surface area contributed by atoms with E-state index in [0.717, 1.165) is 32.1 Å². The molecule has 1 spiro atoms. The summed E-state index contributed by atoms with van der Waals surface area (Å²) >= 11 is 0. The van der Waals surface area contributed by atoms with Gasteiger partial charge in [0.25, 0.3) is 0 Å². The van der Waals surface area contributed by atoms with E-state index in [1.54, 1.807) is 30.3 Å². The Morgan fingerprint density at radius 2 is 1.85 bits per heavy atom. The largest absolute Gasteiger partial charge is 0.497 e. The quantitative estimate of drug-likeness (QED) is 0.396. The molecule has 3 aliphatic rings. The van der Waals surface area contributed by atoms with Gasteiger partial charge in [-0.25, -0.2) is 0 Å². The number of carbonyl (C=O) groups excluding carboxylic acids is 2. The topological polar surface area (TPSA) is 92.0 Å². The summed E-state index contributed by atoms with van der Waals surface area (Å²) in [5.41, 5.74) is 1.01. The molecule has 1 unspecified atom stereocenters. The summed E-state index contributed by atoms with van der Waals surface area (Å²) in [5.74, 6) is 0.230. The van der Waals surface area contributed by atoms with Gasteiger partial charge in [-0.1, -0.05) is 6.42 Å². The zero-order chi connectivity index (χ0) is 23.4. The van der Waals surface area contributed by atoms with Gasteiger partial charge < -0.3 is 18.6 Å². The lowest BCUT2D eigenvalue weighted by Gasteiger charge is -2.42. The second kappa shape index (κ2) is 7.72. The molecule has 1 aliphatic carbocycles. The molecule has 7 heteroatoms. The van der Waals surface area contributed by atoms with E-state index in [1.807, 2.05) is 0 Å². The van der Waals surface area contributed by atoms with Gasteiger partial charge in [-0.2, -0.15) is 0 Å². The van der Waals surface area contributed by atoms with Crippen molar-refractivity contribution in [3.8, 4) is 17.2 Å². The summed E-state index contributed by atoms with van der Waals surface area (Å²) in [4.78, 5) is 39.3. The van der Waals surface area contributed by atoms with Crippen LogP contribution >= 0.6 is 0 Å². The second-order valence-corrected chi connectivity index (χ2v) is 9.41. The molecule has 0 saturated heterocycles. The van der Waals surface area contributed by atoms with Crippen LogP contribution in [0.3, 0.4) is 0 Å². The van der Waals surface area contributed by atoms with Gasteiger partial charge in [0.05, 0.1) is 37.2 Å². The predicted octanol–water partition coefficient (Wildman–Crippen LogP) is 4.91. The SMILES string of the molecule is COc1ccc2occ(C3CC(=O)Oc4ccc5c(c43)OC3(CCCCC3)CC5=O)c(=O)c2c1. The average Bonchev–Trinajstić information content (AvgIpc) is 2.84. The molecule has 1 aromatic heterocycles. The van der Waals surface area contributed by atoms with Gasteiger partial charge in [-0.15, -0.1) is 0 Å². The lowest BCUT2D eigenvalue weighted by Crippen LogP contribution is -2.44. The van der Waals surface area contributed by atoms with Crippen molar-refractivity contribution < 1.29 is 28.2 Å². The molecule has 0 bridgehead atoms. The maximum absolute atomic E-state index is 13.6. The number of esters is 1. The fourth-order valence-electron chi connectivity index (χ4n) is 5.64. The third-order valence-corrected chi connectivity index (χ3v) is 7.35. The van der Waals surface area contributed by atoms with Crippen LogP contribution in [0.1, 0.15) is 72.3 Å². The van der Waals surface area contributed by atoms with Crippen LogP contribution in [-0.2, 0) is 4.79 Å². The van der Waals surface area contributed by atoms with Gasteiger partial charge in [0.2, 0.25) is 0 Å². The van der Waals surface area contributed by atoms with Crippen molar-refractivity contribution in [1.29, 1.82) is 0 Å². The van der Waals surface area contributed by atoms with Crippen molar-refractivity contribution in [3.05, 3.63) is 63.5 Å². The smallest absolute Gasteiger partial charge is 0.312 e. The average molecular weight is 460 g/mol. The number of Topliss-reactive ketones (excluding diaryl/α,β-unsaturated/α-hetero) is 1. The molecule has 0 amide bonds. The second-order valence-electron chi connectivity index (χ2n) is 9.41. The maximum atomic E-state index is 13.6. The van der Waals surface area contributed by atoms with Crippen molar-refractivity contribution in [2.24, 2.45) is 0 Å². The summed E-state index contributed by atoms with van der Waals surface area (Å²) in [6.07, 6.45) is 6.47. The minimum atomic E-state index is -0.649. The zero-order valence-corrected chi connectivity index (χ0v) is 18.8. The Morgan fingerprint density at radius 3 is 2.65 bits per heavy atom. The predicted molar refractivity (Wildman–Crippen MR) is 123 cm³/mol. The molecule has 7 nitrogen and oxygen atoms in total. The van der Waals surface area contributed by atoms with Crippen LogP contribution in [0.15, 0.2) is 45.8 Å². The summed E-state index contributed by atoms with van der Waals surface area (Å²) in [5, 5.41) is 0.364. The molecular weight excluding hydrogens is 436 g/mol. The minimum absolute atomic E-state index is 0.0249. The maximum Gasteiger partial charge on any atom is 0.312 e. The lowest BCUT2D eigenvalue weighted by atomic mass is 9.76. The third kappa shape index (κ3) is 3.22. The monoisotopic (exact) mass is 460 g/mol. The lowest BCUT2D eigenvalue weighted by molar-refractivity contribution is -0.135. The van der Waals surface area contributed by atoms with E-state index < -0.39 is 17.5 Å². The van der Waals surface area contributed by atoms with Gasteiger partial charge in [-0.05, 0) is 56.0 Å². The highest BCUT2D eigenvalue weighted by atomic mass is 16.5. The highest BCUT2D eigenvalue weighted by Crippen LogP contribution is 2.50. The molecular formula is C27H24O7. The first-order valence-corrected chi connectivity index (χ1v) is 11.7. The number of rotatable bonds is 2. The first-order chi connectivity index (χ1) is 16.5. The van der Waals surface area contributed by atoms with Gasteiger partial charge in [0, 0.05) is 17.0 Å². The molecule has 1 saturated carbocycles. The van der Waals surface area contributed by atoms with Crippen LogP contribution in [0, 0.1) is 0 Å². The van der Waals surface area contributed by atoms with Crippen LogP contribution in [0.2, 0.25) is 0 Å². The van der Waals surface area contributed by atoms with Crippen LogP contribution in [0.5, 0.6) is 17.2 Å². The first kappa shape index (κ1) is 21.0. The summed E-state index contributed by atoms with van der Waals surface area (Å²) in [7, 11) is 1.53. The van der Waals surface area contributed by atoms with E-state index in [9.17, 15) is 14.4 Å². The van der Waals surface area contributed by atoms with E-state index in [0.29, 0.717) is 51.3 Å². The molecule has 3 aromatic rings. The minimum Gasteiger partial charge on any atom is -0.497 e. The normalized spacial score (nSPS) is 20.9. The number of hydrogen-bond donors (Lipinski definition) is 0. The van der Waals surface area contributed by atoms with Crippen LogP contribution in [-0.4, -0.2) is 24.5 Å². The Labute approximate surface area is 195 Å². The van der Waals surface area contributed by atoms with Crippen LogP contribution < -0.4 is 19.6 Å². The van der Waals surface area contributed by atoms with Crippen molar-refractivity contribution in [3.63, 3.8) is 0 Å². The standard InChI is InChI=1S/C27H24O7/c1-31-15-5-7-21-18(11-15)25(30)19(14-32-21)17-12-23(29)33-22-8-6-16-20(28)13-27(9-3-2-4-10-27)34-26(16)24(17)22/h5-8,11,14,17H,2-4,9-10,12-13H2,1H3. The summed E-state index contributed by atoms with van der Waals surface area (Å²) < 4.78 is 23.2. The molecule has 174 valence electrons. The van der Waals surface area contributed by atoms with E-state index >= 15 is 0 Å². The molecule has 3 heterocycles. The summed E-state index contributed by atoms with van der Waals surface area (Å²) in [6.45, 7) is 0. The van der Waals surface area contributed by atoms with Crippen molar-refractivity contribution in [2.45, 2.75) is 56.5 Å². The van der Waals surface area contributed by atoms with Crippen LogP contribution in [0.4, 0.5) is 0 Å². The molecule has 1 fully saturated rings. The van der Waals surface area contributed by atoms with Gasteiger partial charge >= 0.3 is 5.97 Å². The zero-order valence-electron chi connectivity index (χ0n) is 18.8. The Hall–Kier alpha value is -3.61. The van der Waals surface area contributed by atoms with Crippen molar-refractivity contribution in [2.75, 3.05) is 7.11 Å². The van der Waals surface area contributed by atoms with E-state index in [4.69, 9.17) is 18.6 Å². The van der Waals surface area contributed by atoms with E-state index in [1.165, 1.54) is 13.4 Å². The number of hydrogen-bond acceptors (Lipinski definition) is 7. The van der Waals surface area contributed by atoms with E-state index in [2.05, 4.69) is 0 Å². The number of ketones is 1. The Bertz CT molecular complexity index is 1390. The number of fused-ring (bicyclic) bond motifs is 4. The third-order valence-electron chi connectivity index (χ3n) is 7.35. The molecule has 34 heavy (non-hydrogen) atoms. The first-order valence-electron chi connectivity index (χ1n) is 11.7. The fourth-order valence-corrected chi connectivity index (χ4v) is 5.64. The van der Waals surface area contributed by atoms with E-state index in [-0.39, 0.29) is 17.6 Å². The molecule has 2 aromatic carbocycles. The number of methoxy groups -OCH3 is 1. The molecule has 2 aliphatic heterocycles. The number of carbonyl (C=O) groups is 2. The van der Waals surface area contributed by atoms with Gasteiger partial charge in [0.15, 0.2) is 11.2 Å². The molecule has 6 rings (SSSR count). The Morgan fingerprint density at radius 1 is 1.03 bits per heavy atom. The fraction of sp³-hybridized carbons (Fsp3) is 0.370. The molecule has 1 atom stereocenters.